The normalized spacial score (nSPS) is 14.2. The van der Waals surface area contributed by atoms with E-state index in [4.69, 9.17) is 11.6 Å². The molecule has 0 spiro atoms. The number of aliphatic hydroxyl groups is 1. The van der Waals surface area contributed by atoms with Crippen LogP contribution in [-0.2, 0) is 0 Å². The summed E-state index contributed by atoms with van der Waals surface area (Å²) in [7, 11) is 0. The molecule has 20 heavy (non-hydrogen) atoms. The van der Waals surface area contributed by atoms with Crippen LogP contribution in [0.4, 0.5) is 0 Å². The van der Waals surface area contributed by atoms with Crippen LogP contribution in [0.15, 0.2) is 30.3 Å². The third kappa shape index (κ3) is 3.61. The number of hydrogen-bond acceptors (Lipinski definition) is 3. The van der Waals surface area contributed by atoms with E-state index in [9.17, 15) is 5.11 Å². The van der Waals surface area contributed by atoms with Crippen LogP contribution in [0.3, 0.4) is 0 Å². The molecule has 1 aromatic carbocycles. The van der Waals surface area contributed by atoms with E-state index in [1.807, 2.05) is 29.5 Å². The van der Waals surface area contributed by atoms with E-state index in [-0.39, 0.29) is 6.04 Å². The van der Waals surface area contributed by atoms with Gasteiger partial charge in [-0.1, -0.05) is 29.8 Å². The van der Waals surface area contributed by atoms with Crippen molar-refractivity contribution in [1.82, 2.24) is 5.32 Å². The lowest BCUT2D eigenvalue weighted by Crippen LogP contribution is -2.25. The number of hydrogen-bond donors (Lipinski definition) is 2. The highest BCUT2D eigenvalue weighted by Gasteiger charge is 2.15. The minimum absolute atomic E-state index is 0.220. The van der Waals surface area contributed by atoms with Gasteiger partial charge in [0.2, 0.25) is 0 Å². The number of halogens is 1. The van der Waals surface area contributed by atoms with Gasteiger partial charge in [-0.2, -0.15) is 0 Å². The van der Waals surface area contributed by atoms with Gasteiger partial charge in [-0.15, -0.1) is 11.3 Å². The highest BCUT2D eigenvalue weighted by Crippen LogP contribution is 2.27. The van der Waals surface area contributed by atoms with E-state index in [0.29, 0.717) is 11.6 Å². The fourth-order valence-corrected chi connectivity index (χ4v) is 3.62. The SMILES string of the molecule is Cc1cc(C(C)NCC(O)c2ccccc2Cl)c(C)s1. The van der Waals surface area contributed by atoms with Gasteiger partial charge >= 0.3 is 0 Å². The van der Waals surface area contributed by atoms with Crippen LogP contribution in [-0.4, -0.2) is 11.7 Å². The first-order valence-corrected chi connectivity index (χ1v) is 7.91. The molecule has 0 aliphatic carbocycles. The molecule has 2 unspecified atom stereocenters. The van der Waals surface area contributed by atoms with Crippen LogP contribution in [0, 0.1) is 13.8 Å². The van der Waals surface area contributed by atoms with E-state index in [2.05, 4.69) is 32.2 Å². The Bertz CT molecular complexity index is 582. The maximum atomic E-state index is 10.2. The number of rotatable bonds is 5. The van der Waals surface area contributed by atoms with E-state index < -0.39 is 6.10 Å². The van der Waals surface area contributed by atoms with E-state index in [0.717, 1.165) is 5.56 Å². The van der Waals surface area contributed by atoms with Crippen molar-refractivity contribution >= 4 is 22.9 Å². The number of aryl methyl sites for hydroxylation is 2. The second kappa shape index (κ2) is 6.72. The zero-order chi connectivity index (χ0) is 14.7. The summed E-state index contributed by atoms with van der Waals surface area (Å²) >= 11 is 7.90. The monoisotopic (exact) mass is 309 g/mol. The average Bonchev–Trinajstić information content (AvgIpc) is 2.75. The Morgan fingerprint density at radius 3 is 2.55 bits per heavy atom. The van der Waals surface area contributed by atoms with Crippen molar-refractivity contribution in [3.8, 4) is 0 Å². The number of aliphatic hydroxyl groups excluding tert-OH is 1. The average molecular weight is 310 g/mol. The van der Waals surface area contributed by atoms with Gasteiger partial charge in [0, 0.05) is 32.9 Å². The van der Waals surface area contributed by atoms with Crippen LogP contribution in [0.2, 0.25) is 5.02 Å². The highest BCUT2D eigenvalue weighted by atomic mass is 35.5. The molecule has 0 fully saturated rings. The van der Waals surface area contributed by atoms with Gasteiger partial charge in [-0.05, 0) is 38.5 Å². The van der Waals surface area contributed by atoms with Gasteiger partial charge < -0.3 is 10.4 Å². The van der Waals surface area contributed by atoms with Gasteiger partial charge in [0.05, 0.1) is 6.10 Å². The first-order valence-electron chi connectivity index (χ1n) is 6.72. The molecule has 0 bridgehead atoms. The minimum atomic E-state index is -0.591. The lowest BCUT2D eigenvalue weighted by atomic mass is 10.1. The molecular formula is C16H20ClNOS. The van der Waals surface area contributed by atoms with E-state index in [1.54, 1.807) is 6.07 Å². The Hall–Kier alpha value is -0.870. The third-order valence-corrected chi connectivity index (χ3v) is 4.75. The molecule has 1 aromatic heterocycles. The Morgan fingerprint density at radius 2 is 1.95 bits per heavy atom. The topological polar surface area (TPSA) is 32.3 Å². The van der Waals surface area contributed by atoms with Gasteiger partial charge in [-0.25, -0.2) is 0 Å². The van der Waals surface area contributed by atoms with E-state index >= 15 is 0 Å². The zero-order valence-electron chi connectivity index (χ0n) is 12.0. The van der Waals surface area contributed by atoms with Crippen LogP contribution in [0.1, 0.15) is 40.0 Å². The number of thiophene rings is 1. The van der Waals surface area contributed by atoms with Gasteiger partial charge in [-0.3, -0.25) is 0 Å². The molecule has 2 atom stereocenters. The standard InChI is InChI=1S/C16H20ClNOS/c1-10-8-14(12(3)20-10)11(2)18-9-16(19)13-6-4-5-7-15(13)17/h4-8,11,16,18-19H,9H2,1-3H3. The largest absolute Gasteiger partial charge is 0.387 e. The molecule has 1 heterocycles. The molecule has 0 amide bonds. The molecule has 0 saturated carbocycles. The number of nitrogens with one attached hydrogen (secondary N) is 1. The Balaban J connectivity index is 1.98. The molecule has 0 aliphatic rings. The molecule has 2 aromatic rings. The quantitative estimate of drug-likeness (QED) is 0.858. The second-order valence-electron chi connectivity index (χ2n) is 5.04. The van der Waals surface area contributed by atoms with Crippen LogP contribution in [0.25, 0.3) is 0 Å². The fraction of sp³-hybridized carbons (Fsp3) is 0.375. The third-order valence-electron chi connectivity index (χ3n) is 3.43. The van der Waals surface area contributed by atoms with Crippen molar-refractivity contribution in [1.29, 1.82) is 0 Å². The molecule has 2 rings (SSSR count). The molecular weight excluding hydrogens is 290 g/mol. The maximum absolute atomic E-state index is 10.2. The van der Waals surface area contributed by atoms with Crippen molar-refractivity contribution < 1.29 is 5.11 Å². The maximum Gasteiger partial charge on any atom is 0.0928 e. The van der Waals surface area contributed by atoms with Crippen LogP contribution >= 0.6 is 22.9 Å². The predicted molar refractivity (Wildman–Crippen MR) is 86.6 cm³/mol. The lowest BCUT2D eigenvalue weighted by molar-refractivity contribution is 0.171. The van der Waals surface area contributed by atoms with Gasteiger partial charge in [0.15, 0.2) is 0 Å². The summed E-state index contributed by atoms with van der Waals surface area (Å²) in [6.45, 7) is 6.86. The summed E-state index contributed by atoms with van der Waals surface area (Å²) in [5.74, 6) is 0. The van der Waals surface area contributed by atoms with Crippen molar-refractivity contribution in [3.05, 3.63) is 56.2 Å². The molecule has 108 valence electrons. The lowest BCUT2D eigenvalue weighted by Gasteiger charge is -2.18. The van der Waals surface area contributed by atoms with Gasteiger partial charge in [0.1, 0.15) is 0 Å². The van der Waals surface area contributed by atoms with Crippen molar-refractivity contribution in [3.63, 3.8) is 0 Å². The molecule has 0 radical (unpaired) electrons. The molecule has 0 aliphatic heterocycles. The smallest absolute Gasteiger partial charge is 0.0928 e. The Morgan fingerprint density at radius 1 is 1.25 bits per heavy atom. The Labute approximate surface area is 129 Å². The first-order chi connectivity index (χ1) is 9.49. The zero-order valence-corrected chi connectivity index (χ0v) is 13.6. The predicted octanol–water partition coefficient (Wildman–Crippen LogP) is 4.40. The number of benzene rings is 1. The highest BCUT2D eigenvalue weighted by molar-refractivity contribution is 7.12. The Kier molecular flexibility index (Phi) is 5.22. The second-order valence-corrected chi connectivity index (χ2v) is 6.90. The molecule has 0 saturated heterocycles. The molecule has 2 nitrogen and oxygen atoms in total. The first kappa shape index (κ1) is 15.5. The van der Waals surface area contributed by atoms with Crippen LogP contribution < -0.4 is 5.32 Å². The fourth-order valence-electron chi connectivity index (χ4n) is 2.33. The summed E-state index contributed by atoms with van der Waals surface area (Å²) in [6, 6.07) is 9.85. The van der Waals surface area contributed by atoms with Gasteiger partial charge in [0.25, 0.3) is 0 Å². The molecule has 2 N–H and O–H groups in total. The summed E-state index contributed by atoms with van der Waals surface area (Å²) in [4.78, 5) is 2.65. The minimum Gasteiger partial charge on any atom is -0.387 e. The van der Waals surface area contributed by atoms with Crippen molar-refractivity contribution in [2.75, 3.05) is 6.54 Å². The van der Waals surface area contributed by atoms with E-state index in [1.165, 1.54) is 15.3 Å². The van der Waals surface area contributed by atoms with Crippen molar-refractivity contribution in [2.24, 2.45) is 0 Å². The summed E-state index contributed by atoms with van der Waals surface area (Å²) in [6.07, 6.45) is -0.591. The summed E-state index contributed by atoms with van der Waals surface area (Å²) in [5, 5.41) is 14.2. The van der Waals surface area contributed by atoms with Crippen molar-refractivity contribution in [2.45, 2.75) is 32.9 Å². The molecule has 4 heteroatoms. The summed E-state index contributed by atoms with van der Waals surface area (Å²) < 4.78 is 0. The summed E-state index contributed by atoms with van der Waals surface area (Å²) in [5.41, 5.74) is 2.07. The van der Waals surface area contributed by atoms with Crippen LogP contribution in [0.5, 0.6) is 0 Å².